The summed E-state index contributed by atoms with van der Waals surface area (Å²) in [5.74, 6) is -2.69. The van der Waals surface area contributed by atoms with E-state index in [0.717, 1.165) is 38.5 Å². The highest BCUT2D eigenvalue weighted by atomic mass is 31.2. The van der Waals surface area contributed by atoms with E-state index in [9.17, 15) is 23.8 Å². The molecule has 0 rings (SSSR count). The molecular formula is C42H74NO10P. The van der Waals surface area contributed by atoms with Gasteiger partial charge in [-0.25, -0.2) is 9.36 Å². The van der Waals surface area contributed by atoms with E-state index < -0.39 is 57.7 Å². The Kier molecular flexibility index (Phi) is 35.6. The summed E-state index contributed by atoms with van der Waals surface area (Å²) < 4.78 is 32.4. The molecule has 0 aromatic heterocycles. The Labute approximate surface area is 326 Å². The fraction of sp³-hybridized carbons (Fsp3) is 0.738. The van der Waals surface area contributed by atoms with Crippen LogP contribution in [-0.4, -0.2) is 59.9 Å². The lowest BCUT2D eigenvalue weighted by Gasteiger charge is -2.19. The van der Waals surface area contributed by atoms with Gasteiger partial charge in [-0.2, -0.15) is 0 Å². The molecule has 0 saturated carbocycles. The zero-order valence-electron chi connectivity index (χ0n) is 33.6. The van der Waals surface area contributed by atoms with Crippen molar-refractivity contribution in [1.82, 2.24) is 0 Å². The van der Waals surface area contributed by atoms with Crippen LogP contribution in [-0.2, 0) is 37.5 Å². The number of hydrogen-bond donors (Lipinski definition) is 3. The first-order valence-electron chi connectivity index (χ1n) is 20.7. The maximum Gasteiger partial charge on any atom is 0.472 e. The standard InChI is InChI=1S/C42H74NO10P/c1-3-5-7-9-11-13-15-17-19-21-23-25-27-29-31-33-40(44)50-35-38(36-51-54(48,49)52-37-39(43)42(46)47)53-41(45)34-32-30-28-26-24-22-20-18-16-14-12-10-8-6-4-2/h17,19,23,25,28,30,32,34,38-39H,3-16,18,20-22,24,26-27,29,31,33,35-37,43H2,1-2H3,(H,46,47)(H,48,49)/b19-17+,25-23+,30-28+,34-32+/t38-,39+/m1/s1. The third-order valence-electron chi connectivity index (χ3n) is 8.66. The molecule has 12 heteroatoms. The van der Waals surface area contributed by atoms with E-state index in [0.29, 0.717) is 6.42 Å². The van der Waals surface area contributed by atoms with Crippen LogP contribution >= 0.6 is 7.82 Å². The van der Waals surface area contributed by atoms with E-state index in [2.05, 4.69) is 42.7 Å². The largest absolute Gasteiger partial charge is 0.480 e. The second-order valence-electron chi connectivity index (χ2n) is 13.8. The number of esters is 2. The number of hydrogen-bond acceptors (Lipinski definition) is 9. The number of allylic oxidation sites excluding steroid dienone is 7. The number of phosphoric acid groups is 1. The summed E-state index contributed by atoms with van der Waals surface area (Å²) in [5.41, 5.74) is 5.31. The molecule has 0 fully saturated rings. The third-order valence-corrected chi connectivity index (χ3v) is 9.61. The van der Waals surface area contributed by atoms with Gasteiger partial charge >= 0.3 is 25.7 Å². The highest BCUT2D eigenvalue weighted by Gasteiger charge is 2.27. The molecule has 54 heavy (non-hydrogen) atoms. The number of aliphatic carboxylic acids is 1. The van der Waals surface area contributed by atoms with Crippen molar-refractivity contribution in [2.75, 3.05) is 19.8 Å². The van der Waals surface area contributed by atoms with Gasteiger partial charge in [-0.3, -0.25) is 18.6 Å². The Morgan fingerprint density at radius 1 is 0.630 bits per heavy atom. The number of unbranched alkanes of at least 4 members (excludes halogenated alkanes) is 19. The lowest BCUT2D eigenvalue weighted by molar-refractivity contribution is -0.157. The van der Waals surface area contributed by atoms with E-state index in [1.165, 1.54) is 109 Å². The van der Waals surface area contributed by atoms with Crippen molar-refractivity contribution in [1.29, 1.82) is 0 Å². The van der Waals surface area contributed by atoms with Gasteiger partial charge in [0, 0.05) is 12.5 Å². The molecule has 1 unspecified atom stereocenters. The number of carbonyl (C=O) groups excluding carboxylic acids is 2. The van der Waals surface area contributed by atoms with Crippen molar-refractivity contribution in [3.63, 3.8) is 0 Å². The first-order chi connectivity index (χ1) is 26.1. The number of carboxylic acid groups (broad SMARTS) is 1. The summed E-state index contributed by atoms with van der Waals surface area (Å²) in [6.07, 6.45) is 41.0. The van der Waals surface area contributed by atoms with Crippen LogP contribution in [0.15, 0.2) is 48.6 Å². The number of ether oxygens (including phenoxy) is 2. The first kappa shape index (κ1) is 51.4. The van der Waals surface area contributed by atoms with Crippen molar-refractivity contribution >= 4 is 25.7 Å². The SMILES string of the molecule is CCCCCCCC/C=C/C/C=C/CCCCC(=O)OC[C@H](COP(=O)(O)OC[C@H](N)C(=O)O)OC(=O)/C=C/C=C/CCCCCCCCCCCCC. The molecule has 11 nitrogen and oxygen atoms in total. The molecule has 0 aromatic rings. The van der Waals surface area contributed by atoms with Crippen LogP contribution in [0.1, 0.15) is 168 Å². The van der Waals surface area contributed by atoms with Gasteiger partial charge in [-0.15, -0.1) is 0 Å². The van der Waals surface area contributed by atoms with Gasteiger partial charge in [0.1, 0.15) is 12.6 Å². The maximum atomic E-state index is 12.5. The van der Waals surface area contributed by atoms with Gasteiger partial charge in [0.05, 0.1) is 13.2 Å². The molecule has 0 aromatic carbocycles. The molecule has 0 heterocycles. The third kappa shape index (κ3) is 36.4. The normalized spacial score (nSPS) is 14.3. The summed E-state index contributed by atoms with van der Waals surface area (Å²) in [6, 6.07) is -1.54. The Bertz CT molecular complexity index is 1110. The zero-order valence-corrected chi connectivity index (χ0v) is 34.4. The van der Waals surface area contributed by atoms with Crippen molar-refractivity contribution in [2.45, 2.75) is 180 Å². The average molecular weight is 784 g/mol. The van der Waals surface area contributed by atoms with Crippen molar-refractivity contribution < 1.29 is 47.5 Å². The van der Waals surface area contributed by atoms with Crippen LogP contribution in [0.4, 0.5) is 0 Å². The molecule has 0 bridgehead atoms. The highest BCUT2D eigenvalue weighted by Crippen LogP contribution is 2.43. The lowest BCUT2D eigenvalue weighted by atomic mass is 10.1. The van der Waals surface area contributed by atoms with Crippen LogP contribution < -0.4 is 5.73 Å². The van der Waals surface area contributed by atoms with Gasteiger partial charge in [0.25, 0.3) is 0 Å². The lowest BCUT2D eigenvalue weighted by Crippen LogP contribution is -2.34. The second kappa shape index (κ2) is 37.4. The summed E-state index contributed by atoms with van der Waals surface area (Å²) in [4.78, 5) is 45.7. The van der Waals surface area contributed by atoms with E-state index in [1.807, 2.05) is 6.08 Å². The fourth-order valence-electron chi connectivity index (χ4n) is 5.35. The molecule has 3 atom stereocenters. The average Bonchev–Trinajstić information content (AvgIpc) is 3.14. The minimum atomic E-state index is -4.75. The van der Waals surface area contributed by atoms with Crippen LogP contribution in [0.25, 0.3) is 0 Å². The number of carbonyl (C=O) groups is 3. The predicted molar refractivity (Wildman–Crippen MR) is 217 cm³/mol. The smallest absolute Gasteiger partial charge is 0.472 e. The van der Waals surface area contributed by atoms with Crippen LogP contribution in [0.5, 0.6) is 0 Å². The monoisotopic (exact) mass is 784 g/mol. The molecule has 0 aliphatic heterocycles. The highest BCUT2D eigenvalue weighted by molar-refractivity contribution is 7.47. The number of nitrogens with two attached hydrogens (primary N) is 1. The molecule has 0 aliphatic rings. The van der Waals surface area contributed by atoms with Gasteiger partial charge in [0.15, 0.2) is 6.10 Å². The Morgan fingerprint density at radius 3 is 1.65 bits per heavy atom. The number of phosphoric ester groups is 1. The quantitative estimate of drug-likeness (QED) is 0.0136. The topological polar surface area (TPSA) is 172 Å². The van der Waals surface area contributed by atoms with E-state index in [1.54, 1.807) is 12.2 Å². The molecule has 0 spiro atoms. The fourth-order valence-corrected chi connectivity index (χ4v) is 6.13. The molecule has 0 saturated heterocycles. The van der Waals surface area contributed by atoms with E-state index in [4.69, 9.17) is 24.8 Å². The minimum Gasteiger partial charge on any atom is -0.480 e. The Balaban J connectivity index is 4.56. The second-order valence-corrected chi connectivity index (χ2v) is 15.3. The minimum absolute atomic E-state index is 0.159. The summed E-state index contributed by atoms with van der Waals surface area (Å²) in [5, 5.41) is 8.87. The van der Waals surface area contributed by atoms with E-state index in [-0.39, 0.29) is 6.42 Å². The van der Waals surface area contributed by atoms with Crippen LogP contribution in [0.2, 0.25) is 0 Å². The van der Waals surface area contributed by atoms with Crippen LogP contribution in [0.3, 0.4) is 0 Å². The summed E-state index contributed by atoms with van der Waals surface area (Å²) in [7, 11) is -4.75. The summed E-state index contributed by atoms with van der Waals surface area (Å²) >= 11 is 0. The molecule has 0 radical (unpaired) electrons. The molecule has 4 N–H and O–H groups in total. The Hall–Kier alpha value is -2.56. The molecule has 0 aliphatic carbocycles. The molecular weight excluding hydrogens is 709 g/mol. The van der Waals surface area contributed by atoms with Gasteiger partial charge in [0.2, 0.25) is 0 Å². The molecule has 312 valence electrons. The van der Waals surface area contributed by atoms with Crippen LogP contribution in [0, 0.1) is 0 Å². The van der Waals surface area contributed by atoms with Gasteiger partial charge < -0.3 is 25.2 Å². The molecule has 0 amide bonds. The van der Waals surface area contributed by atoms with Crippen molar-refractivity contribution in [3.8, 4) is 0 Å². The summed E-state index contributed by atoms with van der Waals surface area (Å²) in [6.45, 7) is 2.64. The van der Waals surface area contributed by atoms with Gasteiger partial charge in [-0.1, -0.05) is 153 Å². The predicted octanol–water partition coefficient (Wildman–Crippen LogP) is 10.6. The maximum absolute atomic E-state index is 12.5. The van der Waals surface area contributed by atoms with E-state index >= 15 is 0 Å². The Morgan fingerprint density at radius 2 is 1.11 bits per heavy atom. The first-order valence-corrected chi connectivity index (χ1v) is 22.2. The van der Waals surface area contributed by atoms with Crippen molar-refractivity contribution in [2.24, 2.45) is 5.73 Å². The van der Waals surface area contributed by atoms with Gasteiger partial charge in [-0.05, 0) is 51.4 Å². The van der Waals surface area contributed by atoms with Crippen molar-refractivity contribution in [3.05, 3.63) is 48.6 Å². The number of rotatable bonds is 38. The zero-order chi connectivity index (χ0) is 40.0. The number of carboxylic acids is 1.